The van der Waals surface area contributed by atoms with Gasteiger partial charge < -0.3 is 10.2 Å². The quantitative estimate of drug-likeness (QED) is 0.242. The maximum atomic E-state index is 14.3. The van der Waals surface area contributed by atoms with E-state index in [4.69, 9.17) is 23.2 Å². The van der Waals surface area contributed by atoms with Gasteiger partial charge in [0, 0.05) is 22.6 Å². The number of nitrogens with one attached hydrogen (secondary N) is 1. The van der Waals surface area contributed by atoms with Crippen LogP contribution in [0.25, 0.3) is 0 Å². The lowest BCUT2D eigenvalue weighted by atomic mass is 9.95. The number of hydrogen-bond acceptors (Lipinski definition) is 4. The molecule has 230 valence electrons. The fourth-order valence-electron chi connectivity index (χ4n) is 5.52. The summed E-state index contributed by atoms with van der Waals surface area (Å²) in [5.41, 5.74) is 2.91. The Balaban J connectivity index is 1.73. The second-order valence-electron chi connectivity index (χ2n) is 11.2. The molecule has 1 N–H and O–H groups in total. The van der Waals surface area contributed by atoms with Crippen LogP contribution in [0.4, 0.5) is 5.69 Å². The maximum absolute atomic E-state index is 14.3. The summed E-state index contributed by atoms with van der Waals surface area (Å²) in [5.74, 6) is -0.743. The summed E-state index contributed by atoms with van der Waals surface area (Å²) in [4.78, 5) is 29.5. The van der Waals surface area contributed by atoms with Crippen LogP contribution >= 0.6 is 23.2 Å². The lowest BCUT2D eigenvalue weighted by Crippen LogP contribution is -2.54. The number of halogens is 2. The molecule has 10 heteroatoms. The molecule has 2 amide bonds. The van der Waals surface area contributed by atoms with Gasteiger partial charge in [0.2, 0.25) is 11.8 Å². The standard InChI is InChI=1S/C33H39Cl2N3O4S/c1-4-31(33(40)36-28-11-6-5-7-12-28)37(21-25-10-8-9-24(3)17-25)32(39)22-38(29-19-26(34)18-27(35)20-29)43(41,42)30-15-13-23(2)14-16-30/h8-10,13-20,28,31H,4-7,11-12,21-22H2,1-3H3,(H,36,40). The van der Waals surface area contributed by atoms with Crippen LogP contribution in [-0.2, 0) is 26.2 Å². The second kappa shape index (κ2) is 14.6. The Kier molecular flexibility index (Phi) is 11.2. The number of hydrogen-bond donors (Lipinski definition) is 1. The minimum absolute atomic E-state index is 0.0225. The Hall–Kier alpha value is -3.07. The summed E-state index contributed by atoms with van der Waals surface area (Å²) in [6.07, 6.45) is 5.45. The molecular weight excluding hydrogens is 605 g/mol. The second-order valence-corrected chi connectivity index (χ2v) is 14.0. The van der Waals surface area contributed by atoms with Crippen molar-refractivity contribution in [3.05, 3.63) is 93.5 Å². The van der Waals surface area contributed by atoms with Crippen LogP contribution in [-0.4, -0.2) is 43.8 Å². The van der Waals surface area contributed by atoms with Crippen molar-refractivity contribution >= 4 is 50.7 Å². The minimum Gasteiger partial charge on any atom is -0.352 e. The number of amides is 2. The third-order valence-electron chi connectivity index (χ3n) is 7.80. The van der Waals surface area contributed by atoms with Crippen molar-refractivity contribution < 1.29 is 18.0 Å². The number of benzene rings is 3. The summed E-state index contributed by atoms with van der Waals surface area (Å²) < 4.78 is 29.1. The van der Waals surface area contributed by atoms with E-state index in [9.17, 15) is 18.0 Å². The number of carbonyl (C=O) groups is 2. The Morgan fingerprint density at radius 2 is 1.56 bits per heavy atom. The Morgan fingerprint density at radius 3 is 2.16 bits per heavy atom. The molecule has 0 aromatic heterocycles. The molecule has 0 bridgehead atoms. The number of carbonyl (C=O) groups excluding carboxylic acids is 2. The average Bonchev–Trinajstić information content (AvgIpc) is 2.96. The zero-order chi connectivity index (χ0) is 31.1. The van der Waals surface area contributed by atoms with E-state index >= 15 is 0 Å². The molecule has 1 fully saturated rings. The average molecular weight is 645 g/mol. The van der Waals surface area contributed by atoms with E-state index in [0.29, 0.717) is 6.42 Å². The van der Waals surface area contributed by atoms with Crippen LogP contribution in [0, 0.1) is 13.8 Å². The molecule has 1 saturated carbocycles. The van der Waals surface area contributed by atoms with Crippen LogP contribution in [0.1, 0.15) is 62.1 Å². The van der Waals surface area contributed by atoms with Crippen molar-refractivity contribution in [1.82, 2.24) is 10.2 Å². The molecule has 0 aliphatic heterocycles. The van der Waals surface area contributed by atoms with Gasteiger partial charge in [-0.3, -0.25) is 13.9 Å². The van der Waals surface area contributed by atoms with Gasteiger partial charge in [-0.05, 0) is 69.0 Å². The van der Waals surface area contributed by atoms with Crippen LogP contribution in [0.15, 0.2) is 71.6 Å². The number of anilines is 1. The van der Waals surface area contributed by atoms with Gasteiger partial charge in [0.15, 0.2) is 0 Å². The van der Waals surface area contributed by atoms with Gasteiger partial charge in [-0.1, -0.05) is 96.9 Å². The highest BCUT2D eigenvalue weighted by Gasteiger charge is 2.34. The highest BCUT2D eigenvalue weighted by Crippen LogP contribution is 2.30. The van der Waals surface area contributed by atoms with Crippen molar-refractivity contribution in [2.45, 2.75) is 82.8 Å². The first-order valence-electron chi connectivity index (χ1n) is 14.7. The normalized spacial score (nSPS) is 14.6. The molecule has 1 aliphatic rings. The predicted octanol–water partition coefficient (Wildman–Crippen LogP) is 7.06. The van der Waals surface area contributed by atoms with Gasteiger partial charge in [-0.2, -0.15) is 0 Å². The van der Waals surface area contributed by atoms with Gasteiger partial charge in [-0.15, -0.1) is 0 Å². The fraction of sp³-hybridized carbons (Fsp3) is 0.394. The smallest absolute Gasteiger partial charge is 0.264 e. The van der Waals surface area contributed by atoms with Crippen LogP contribution in [0.5, 0.6) is 0 Å². The molecule has 7 nitrogen and oxygen atoms in total. The van der Waals surface area contributed by atoms with Gasteiger partial charge in [0.1, 0.15) is 12.6 Å². The molecular formula is C33H39Cl2N3O4S. The van der Waals surface area contributed by atoms with E-state index in [1.54, 1.807) is 12.1 Å². The van der Waals surface area contributed by atoms with Crippen molar-refractivity contribution in [2.75, 3.05) is 10.8 Å². The van der Waals surface area contributed by atoms with E-state index in [1.165, 1.54) is 35.2 Å². The maximum Gasteiger partial charge on any atom is 0.264 e. The summed E-state index contributed by atoms with van der Waals surface area (Å²) >= 11 is 12.6. The first-order chi connectivity index (χ1) is 20.5. The fourth-order valence-corrected chi connectivity index (χ4v) is 7.43. The number of aryl methyl sites for hydroxylation is 2. The zero-order valence-corrected chi connectivity index (χ0v) is 27.2. The predicted molar refractivity (Wildman–Crippen MR) is 173 cm³/mol. The highest BCUT2D eigenvalue weighted by atomic mass is 35.5. The monoisotopic (exact) mass is 643 g/mol. The topological polar surface area (TPSA) is 86.8 Å². The SMILES string of the molecule is CCC(C(=O)NC1CCCCC1)N(Cc1cccc(C)c1)C(=O)CN(c1cc(Cl)cc(Cl)c1)S(=O)(=O)c1ccc(C)cc1. The molecule has 1 unspecified atom stereocenters. The van der Waals surface area contributed by atoms with Crippen LogP contribution in [0.3, 0.4) is 0 Å². The van der Waals surface area contributed by atoms with E-state index in [0.717, 1.165) is 53.1 Å². The summed E-state index contributed by atoms with van der Waals surface area (Å²) in [6, 6.07) is 17.8. The minimum atomic E-state index is -4.22. The third-order valence-corrected chi connectivity index (χ3v) is 10.0. The number of nitrogens with zero attached hydrogens (tertiary/aromatic N) is 2. The van der Waals surface area contributed by atoms with Crippen molar-refractivity contribution in [2.24, 2.45) is 0 Å². The van der Waals surface area contributed by atoms with Crippen molar-refractivity contribution in [3.63, 3.8) is 0 Å². The lowest BCUT2D eigenvalue weighted by molar-refractivity contribution is -0.140. The third kappa shape index (κ3) is 8.52. The Morgan fingerprint density at radius 1 is 0.907 bits per heavy atom. The summed E-state index contributed by atoms with van der Waals surface area (Å²) in [5, 5.41) is 3.63. The first kappa shape index (κ1) is 32.8. The lowest BCUT2D eigenvalue weighted by Gasteiger charge is -2.34. The highest BCUT2D eigenvalue weighted by molar-refractivity contribution is 7.92. The molecule has 3 aromatic carbocycles. The van der Waals surface area contributed by atoms with Gasteiger partial charge in [0.25, 0.3) is 10.0 Å². The van der Waals surface area contributed by atoms with E-state index in [2.05, 4.69) is 5.32 Å². The van der Waals surface area contributed by atoms with Gasteiger partial charge in [-0.25, -0.2) is 8.42 Å². The Bertz CT molecular complexity index is 1520. The largest absolute Gasteiger partial charge is 0.352 e. The molecule has 0 spiro atoms. The summed E-state index contributed by atoms with van der Waals surface area (Å²) in [6.45, 7) is 5.28. The first-order valence-corrected chi connectivity index (χ1v) is 16.9. The van der Waals surface area contributed by atoms with Crippen LogP contribution in [0.2, 0.25) is 10.0 Å². The van der Waals surface area contributed by atoms with Gasteiger partial charge >= 0.3 is 0 Å². The zero-order valence-electron chi connectivity index (χ0n) is 24.9. The van der Waals surface area contributed by atoms with Crippen LogP contribution < -0.4 is 9.62 Å². The molecule has 0 saturated heterocycles. The number of sulfonamides is 1. The molecule has 0 heterocycles. The van der Waals surface area contributed by atoms with Crippen molar-refractivity contribution in [3.8, 4) is 0 Å². The van der Waals surface area contributed by atoms with Crippen molar-refractivity contribution in [1.29, 1.82) is 0 Å². The van der Waals surface area contributed by atoms with E-state index < -0.39 is 28.5 Å². The van der Waals surface area contributed by atoms with Gasteiger partial charge in [0.05, 0.1) is 10.6 Å². The summed E-state index contributed by atoms with van der Waals surface area (Å²) in [7, 11) is -4.22. The molecule has 3 aromatic rings. The van der Waals surface area contributed by atoms with E-state index in [1.807, 2.05) is 45.0 Å². The molecule has 1 atom stereocenters. The Labute approximate surface area is 265 Å². The molecule has 43 heavy (non-hydrogen) atoms. The number of rotatable bonds is 11. The molecule has 0 radical (unpaired) electrons. The molecule has 4 rings (SSSR count). The van der Waals surface area contributed by atoms with E-state index in [-0.39, 0.29) is 39.1 Å². The molecule has 1 aliphatic carbocycles.